The summed E-state index contributed by atoms with van der Waals surface area (Å²) >= 11 is 0. The molecule has 1 unspecified atom stereocenters. The van der Waals surface area contributed by atoms with Crippen LogP contribution in [0.15, 0.2) is 108 Å². The third-order valence-corrected chi connectivity index (χ3v) is 11.3. The van der Waals surface area contributed by atoms with Crippen molar-refractivity contribution >= 4 is 15.9 Å². The Kier molecular flexibility index (Phi) is 12.3. The molecule has 0 saturated carbocycles. The van der Waals surface area contributed by atoms with E-state index in [-0.39, 0.29) is 22.9 Å². The van der Waals surface area contributed by atoms with E-state index in [4.69, 9.17) is 9.47 Å². The van der Waals surface area contributed by atoms with Crippen molar-refractivity contribution in [3.63, 3.8) is 0 Å². The third-order valence-electron chi connectivity index (χ3n) is 9.34. The molecule has 1 saturated heterocycles. The number of nitrogens with zero attached hydrogens (tertiary/aromatic N) is 1. The Hall–Kier alpha value is -4.14. The first-order valence-corrected chi connectivity index (χ1v) is 18.4. The maximum atomic E-state index is 14.6. The number of carbonyl (C=O) groups excluding carboxylic acids is 1. The molecule has 0 radical (unpaired) electrons. The minimum atomic E-state index is -4.09. The normalized spacial score (nSPS) is 16.6. The highest BCUT2D eigenvalue weighted by Gasteiger charge is 2.46. The molecule has 0 spiro atoms. The Bertz CT molecular complexity index is 1670. The Morgan fingerprint density at radius 2 is 1.33 bits per heavy atom. The van der Waals surface area contributed by atoms with Crippen LogP contribution in [0.2, 0.25) is 0 Å². The molecule has 1 aliphatic heterocycles. The predicted octanol–water partition coefficient (Wildman–Crippen LogP) is 7.31. The van der Waals surface area contributed by atoms with Crippen LogP contribution >= 0.6 is 0 Å². The molecule has 48 heavy (non-hydrogen) atoms. The van der Waals surface area contributed by atoms with Gasteiger partial charge in [-0.25, -0.2) is 8.42 Å². The number of benzene rings is 4. The maximum Gasteiger partial charge on any atom is 0.244 e. The Balaban J connectivity index is 1.39. The van der Waals surface area contributed by atoms with Gasteiger partial charge in [-0.2, -0.15) is 4.31 Å². The molecule has 7 nitrogen and oxygen atoms in total. The largest absolute Gasteiger partial charge is 0.493 e. The van der Waals surface area contributed by atoms with Gasteiger partial charge in [0, 0.05) is 18.2 Å². The van der Waals surface area contributed by atoms with E-state index in [1.807, 2.05) is 42.5 Å². The molecular formula is C40H48N2O5S. The number of ether oxygens (including phenoxy) is 2. The van der Waals surface area contributed by atoms with Crippen LogP contribution in [0.5, 0.6) is 11.5 Å². The second kappa shape index (κ2) is 16.8. The predicted molar refractivity (Wildman–Crippen MR) is 191 cm³/mol. The van der Waals surface area contributed by atoms with E-state index in [1.165, 1.54) is 35.7 Å². The van der Waals surface area contributed by atoms with E-state index in [9.17, 15) is 13.2 Å². The third kappa shape index (κ3) is 8.85. The van der Waals surface area contributed by atoms with Crippen molar-refractivity contribution in [2.45, 2.75) is 87.7 Å². The first kappa shape index (κ1) is 35.2. The Labute approximate surface area is 286 Å². The molecule has 5 rings (SSSR count). The van der Waals surface area contributed by atoms with Gasteiger partial charge in [0.05, 0.1) is 19.1 Å². The number of hydrogen-bond acceptors (Lipinski definition) is 5. The summed E-state index contributed by atoms with van der Waals surface area (Å²) in [4.78, 5) is 14.3. The zero-order valence-electron chi connectivity index (χ0n) is 28.3. The van der Waals surface area contributed by atoms with Gasteiger partial charge in [0.25, 0.3) is 0 Å². The average Bonchev–Trinajstić information content (AvgIpc) is 3.53. The summed E-state index contributed by atoms with van der Waals surface area (Å²) in [5, 5.41) is 3.33. The summed E-state index contributed by atoms with van der Waals surface area (Å²) in [6.45, 7) is 1.80. The number of nitrogens with one attached hydrogen (secondary N) is 1. The number of methoxy groups -OCH3 is 2. The van der Waals surface area contributed by atoms with Crippen molar-refractivity contribution in [1.82, 2.24) is 9.62 Å². The number of carbonyl (C=O) groups is 1. The first-order chi connectivity index (χ1) is 23.3. The molecule has 1 amide bonds. The van der Waals surface area contributed by atoms with Crippen LogP contribution < -0.4 is 14.8 Å². The van der Waals surface area contributed by atoms with Gasteiger partial charge in [0.2, 0.25) is 15.9 Å². The van der Waals surface area contributed by atoms with E-state index in [0.717, 1.165) is 44.1 Å². The van der Waals surface area contributed by atoms with Gasteiger partial charge in [0.1, 0.15) is 6.04 Å². The fourth-order valence-corrected chi connectivity index (χ4v) is 8.86. The lowest BCUT2D eigenvalue weighted by molar-refractivity contribution is -0.125. The molecule has 1 N–H and O–H groups in total. The van der Waals surface area contributed by atoms with Crippen molar-refractivity contribution in [1.29, 1.82) is 0 Å². The number of aryl methyl sites for hydroxylation is 3. The van der Waals surface area contributed by atoms with Crippen LogP contribution in [0.25, 0.3) is 0 Å². The summed E-state index contributed by atoms with van der Waals surface area (Å²) in [7, 11) is -1.06. The summed E-state index contributed by atoms with van der Waals surface area (Å²) in [6.07, 6.45) is 6.90. The van der Waals surface area contributed by atoms with Crippen LogP contribution in [0, 0.1) is 6.92 Å². The molecule has 8 heteroatoms. The fourth-order valence-electron chi connectivity index (χ4n) is 6.92. The van der Waals surface area contributed by atoms with Gasteiger partial charge in [-0.3, -0.25) is 4.79 Å². The molecular weight excluding hydrogens is 621 g/mol. The second-order valence-corrected chi connectivity index (χ2v) is 14.6. The quantitative estimate of drug-likeness (QED) is 0.135. The highest BCUT2D eigenvalue weighted by atomic mass is 32.2. The minimum absolute atomic E-state index is 0.0639. The maximum absolute atomic E-state index is 14.6. The van der Waals surface area contributed by atoms with Crippen molar-refractivity contribution in [3.8, 4) is 11.5 Å². The topological polar surface area (TPSA) is 84.9 Å². The van der Waals surface area contributed by atoms with E-state index in [2.05, 4.69) is 53.8 Å². The molecule has 1 fully saturated rings. The standard InChI is InChI=1S/C40H48N2O5S/c1-30-27-36(29-38(46-2)39(30)47-3)48(44,45)42-35(28-33-19-11-6-12-20-33)25-26-37(42)40(43)41-34(23-13-21-31-15-7-4-8-16-31)24-14-22-32-17-9-5-10-18-32/h4-12,15-20,27,29,34-35,37H,13-14,21-26,28H2,1-3H3,(H,41,43)/t35?,37-/m0/s1. The smallest absolute Gasteiger partial charge is 0.244 e. The van der Waals surface area contributed by atoms with Crippen molar-refractivity contribution in [2.24, 2.45) is 0 Å². The fraction of sp³-hybridized carbons (Fsp3) is 0.375. The molecule has 254 valence electrons. The van der Waals surface area contributed by atoms with Crippen molar-refractivity contribution in [3.05, 3.63) is 125 Å². The molecule has 2 atom stereocenters. The van der Waals surface area contributed by atoms with Gasteiger partial charge in [-0.1, -0.05) is 91.0 Å². The zero-order chi connectivity index (χ0) is 33.9. The summed E-state index contributed by atoms with van der Waals surface area (Å²) < 4.78 is 41.6. The van der Waals surface area contributed by atoms with Crippen LogP contribution in [-0.2, 0) is 34.1 Å². The first-order valence-electron chi connectivity index (χ1n) is 17.0. The number of amides is 1. The van der Waals surface area contributed by atoms with E-state index < -0.39 is 16.1 Å². The van der Waals surface area contributed by atoms with Crippen LogP contribution in [-0.4, -0.2) is 51.0 Å². The molecule has 1 heterocycles. The molecule has 4 aromatic rings. The second-order valence-electron chi connectivity index (χ2n) is 12.7. The highest BCUT2D eigenvalue weighted by Crippen LogP contribution is 2.38. The lowest BCUT2D eigenvalue weighted by Crippen LogP contribution is -2.51. The zero-order valence-corrected chi connectivity index (χ0v) is 29.1. The molecule has 0 bridgehead atoms. The van der Waals surface area contributed by atoms with Crippen LogP contribution in [0.3, 0.4) is 0 Å². The van der Waals surface area contributed by atoms with Crippen molar-refractivity contribution in [2.75, 3.05) is 14.2 Å². The van der Waals surface area contributed by atoms with Gasteiger partial charge in [0.15, 0.2) is 11.5 Å². The lowest BCUT2D eigenvalue weighted by Gasteiger charge is -2.30. The van der Waals surface area contributed by atoms with Gasteiger partial charge in [-0.15, -0.1) is 0 Å². The Morgan fingerprint density at radius 3 is 1.85 bits per heavy atom. The number of sulfonamides is 1. The van der Waals surface area contributed by atoms with Gasteiger partial charge in [-0.05, 0) is 93.0 Å². The monoisotopic (exact) mass is 668 g/mol. The van der Waals surface area contributed by atoms with Gasteiger partial charge < -0.3 is 14.8 Å². The molecule has 0 aromatic heterocycles. The summed E-state index contributed by atoms with van der Waals surface area (Å²) in [5.74, 6) is 0.602. The van der Waals surface area contributed by atoms with E-state index in [1.54, 1.807) is 13.0 Å². The highest BCUT2D eigenvalue weighted by molar-refractivity contribution is 7.89. The minimum Gasteiger partial charge on any atom is -0.493 e. The van der Waals surface area contributed by atoms with E-state index in [0.29, 0.717) is 36.3 Å². The molecule has 0 aliphatic carbocycles. The van der Waals surface area contributed by atoms with Crippen LogP contribution in [0.1, 0.15) is 60.8 Å². The number of rotatable bonds is 16. The number of hydrogen-bond donors (Lipinski definition) is 1. The van der Waals surface area contributed by atoms with Crippen LogP contribution in [0.4, 0.5) is 0 Å². The molecule has 4 aromatic carbocycles. The average molecular weight is 669 g/mol. The summed E-state index contributed by atoms with van der Waals surface area (Å²) in [6, 6.07) is 32.5. The van der Waals surface area contributed by atoms with Gasteiger partial charge >= 0.3 is 0 Å². The SMILES string of the molecule is COc1cc(S(=O)(=O)N2C(Cc3ccccc3)CC[C@H]2C(=O)NC(CCCc2ccccc2)CCCc2ccccc2)cc(C)c1OC. The van der Waals surface area contributed by atoms with E-state index >= 15 is 0 Å². The van der Waals surface area contributed by atoms with Crippen molar-refractivity contribution < 1.29 is 22.7 Å². The molecule has 1 aliphatic rings. The lowest BCUT2D eigenvalue weighted by atomic mass is 9.98. The Morgan fingerprint density at radius 1 is 0.792 bits per heavy atom. The summed E-state index contributed by atoms with van der Waals surface area (Å²) in [5.41, 5.74) is 4.22.